The molecule has 1 atom stereocenters. The summed E-state index contributed by atoms with van der Waals surface area (Å²) >= 11 is 0. The van der Waals surface area contributed by atoms with Crippen LogP contribution in [0.5, 0.6) is 0 Å². The largest absolute Gasteiger partial charge is 0.545 e. The summed E-state index contributed by atoms with van der Waals surface area (Å²) in [5.41, 5.74) is 2.92. The van der Waals surface area contributed by atoms with E-state index in [9.17, 15) is 9.90 Å². The molecule has 1 heterocycles. The fourth-order valence-corrected chi connectivity index (χ4v) is 2.80. The molecule has 18 heavy (non-hydrogen) atoms. The number of carboxylic acids is 1. The molecule has 1 unspecified atom stereocenters. The Hall–Kier alpha value is -1.90. The second-order valence-corrected chi connectivity index (χ2v) is 5.06. The molecule has 2 aromatic rings. The van der Waals surface area contributed by atoms with Gasteiger partial charge in [-0.15, -0.1) is 0 Å². The van der Waals surface area contributed by atoms with E-state index in [-0.39, 0.29) is 0 Å². The molecule has 1 aromatic heterocycles. The average molecular weight is 240 g/mol. The van der Waals surface area contributed by atoms with Crippen LogP contribution in [0, 0.1) is 5.92 Å². The number of hydrogen-bond donors (Lipinski definition) is 0. The molecule has 0 bridgehead atoms. The van der Waals surface area contributed by atoms with Crippen LogP contribution in [-0.4, -0.2) is 11.0 Å². The maximum absolute atomic E-state index is 11.5. The first kappa shape index (κ1) is 11.2. The lowest BCUT2D eigenvalue weighted by Crippen LogP contribution is -2.27. The van der Waals surface area contributed by atoms with Crippen molar-refractivity contribution >= 4 is 16.9 Å². The van der Waals surface area contributed by atoms with Gasteiger partial charge in [-0.3, -0.25) is 4.98 Å². The zero-order valence-electron chi connectivity index (χ0n) is 10.3. The Morgan fingerprint density at radius 2 is 2.17 bits per heavy atom. The van der Waals surface area contributed by atoms with Crippen LogP contribution in [0.3, 0.4) is 0 Å². The predicted octanol–water partition coefficient (Wildman–Crippen LogP) is 1.72. The molecule has 3 nitrogen and oxygen atoms in total. The molecule has 3 rings (SSSR count). The number of aromatic carboxylic acids is 1. The number of carbonyl (C=O) groups excluding carboxylic acids is 1. The first-order valence-electron chi connectivity index (χ1n) is 6.28. The van der Waals surface area contributed by atoms with Gasteiger partial charge in [-0.1, -0.05) is 25.1 Å². The molecule has 0 saturated heterocycles. The van der Waals surface area contributed by atoms with Crippen LogP contribution >= 0.6 is 0 Å². The minimum absolute atomic E-state index is 0.349. The van der Waals surface area contributed by atoms with Gasteiger partial charge in [0.15, 0.2) is 0 Å². The number of pyridine rings is 1. The number of nitrogens with zero attached hydrogens (tertiary/aromatic N) is 1. The van der Waals surface area contributed by atoms with Crippen molar-refractivity contribution < 1.29 is 9.90 Å². The van der Waals surface area contributed by atoms with Gasteiger partial charge in [-0.05, 0) is 36.8 Å². The highest BCUT2D eigenvalue weighted by atomic mass is 16.4. The summed E-state index contributed by atoms with van der Waals surface area (Å²) in [5, 5.41) is 12.2. The zero-order chi connectivity index (χ0) is 12.7. The van der Waals surface area contributed by atoms with Gasteiger partial charge in [0.05, 0.1) is 11.5 Å². The fraction of sp³-hybridized carbons (Fsp3) is 0.333. The molecule has 0 amide bonds. The Bertz CT molecular complexity index is 634. The Kier molecular flexibility index (Phi) is 2.54. The van der Waals surface area contributed by atoms with Crippen molar-refractivity contribution in [3.63, 3.8) is 0 Å². The first-order chi connectivity index (χ1) is 8.66. The molecule has 1 aliphatic rings. The van der Waals surface area contributed by atoms with Crippen LogP contribution in [0.1, 0.15) is 35.0 Å². The molecule has 1 aliphatic carbocycles. The number of para-hydroxylation sites is 1. The molecular formula is C15H14NO2-. The van der Waals surface area contributed by atoms with Gasteiger partial charge in [0.1, 0.15) is 0 Å². The van der Waals surface area contributed by atoms with Crippen molar-refractivity contribution in [3.8, 4) is 0 Å². The van der Waals surface area contributed by atoms with Gasteiger partial charge < -0.3 is 9.90 Å². The van der Waals surface area contributed by atoms with Crippen molar-refractivity contribution in [2.45, 2.75) is 26.2 Å². The van der Waals surface area contributed by atoms with E-state index in [1.807, 2.05) is 24.3 Å². The molecule has 0 spiro atoms. The summed E-state index contributed by atoms with van der Waals surface area (Å²) in [4.78, 5) is 16.1. The number of hydrogen-bond acceptors (Lipinski definition) is 3. The molecule has 0 N–H and O–H groups in total. The number of benzene rings is 1. The van der Waals surface area contributed by atoms with Crippen molar-refractivity contribution in [1.82, 2.24) is 4.98 Å². The monoisotopic (exact) mass is 240 g/mol. The molecule has 3 heteroatoms. The van der Waals surface area contributed by atoms with Crippen LogP contribution in [0.15, 0.2) is 24.3 Å². The van der Waals surface area contributed by atoms with Gasteiger partial charge in [0.25, 0.3) is 0 Å². The van der Waals surface area contributed by atoms with E-state index < -0.39 is 5.97 Å². The van der Waals surface area contributed by atoms with Crippen LogP contribution in [0.4, 0.5) is 0 Å². The standard InChI is InChI=1S/C15H15NO2/c1-9-6-7-13-11(8-9)14(15(17)18)10-4-2-3-5-12(10)16-13/h2-5,9H,6-8H2,1H3,(H,17,18)/p-1. The third-order valence-electron chi connectivity index (χ3n) is 3.71. The molecule has 0 radical (unpaired) electrons. The molecule has 0 aliphatic heterocycles. The van der Waals surface area contributed by atoms with Crippen LogP contribution in [0.2, 0.25) is 0 Å². The summed E-state index contributed by atoms with van der Waals surface area (Å²) in [6.45, 7) is 2.15. The lowest BCUT2D eigenvalue weighted by Gasteiger charge is -2.25. The predicted molar refractivity (Wildman–Crippen MR) is 67.3 cm³/mol. The van der Waals surface area contributed by atoms with E-state index >= 15 is 0 Å². The lowest BCUT2D eigenvalue weighted by molar-refractivity contribution is -0.254. The number of aryl methyl sites for hydroxylation is 1. The number of fused-ring (bicyclic) bond motifs is 2. The Morgan fingerprint density at radius 3 is 2.94 bits per heavy atom. The molecule has 0 fully saturated rings. The quantitative estimate of drug-likeness (QED) is 0.762. The number of carbonyl (C=O) groups is 1. The van der Waals surface area contributed by atoms with Crippen molar-refractivity contribution in [3.05, 3.63) is 41.1 Å². The van der Waals surface area contributed by atoms with Crippen LogP contribution < -0.4 is 5.11 Å². The third kappa shape index (κ3) is 1.67. The summed E-state index contributed by atoms with van der Waals surface area (Å²) in [6, 6.07) is 7.40. The van der Waals surface area contributed by atoms with E-state index in [0.717, 1.165) is 36.0 Å². The van der Waals surface area contributed by atoms with Crippen LogP contribution in [-0.2, 0) is 12.8 Å². The first-order valence-corrected chi connectivity index (χ1v) is 6.28. The maximum Gasteiger partial charge on any atom is 0.0725 e. The summed E-state index contributed by atoms with van der Waals surface area (Å²) in [6.07, 6.45) is 2.73. The van der Waals surface area contributed by atoms with Gasteiger partial charge in [0, 0.05) is 16.6 Å². The highest BCUT2D eigenvalue weighted by Crippen LogP contribution is 2.30. The van der Waals surface area contributed by atoms with Gasteiger partial charge in [0.2, 0.25) is 0 Å². The Balaban J connectivity index is 2.36. The normalized spacial score (nSPS) is 18.6. The van der Waals surface area contributed by atoms with Gasteiger partial charge in [-0.2, -0.15) is 0 Å². The fourth-order valence-electron chi connectivity index (χ4n) is 2.80. The Morgan fingerprint density at radius 1 is 1.39 bits per heavy atom. The second-order valence-electron chi connectivity index (χ2n) is 5.06. The van der Waals surface area contributed by atoms with E-state index in [2.05, 4.69) is 11.9 Å². The summed E-state index contributed by atoms with van der Waals surface area (Å²) in [7, 11) is 0. The third-order valence-corrected chi connectivity index (χ3v) is 3.71. The molecular weight excluding hydrogens is 226 g/mol. The molecule has 1 aromatic carbocycles. The highest BCUT2D eigenvalue weighted by molar-refractivity contribution is 6.03. The number of rotatable bonds is 1. The summed E-state index contributed by atoms with van der Waals surface area (Å²) in [5.74, 6) is -0.572. The van der Waals surface area contributed by atoms with Gasteiger partial charge >= 0.3 is 0 Å². The van der Waals surface area contributed by atoms with Crippen molar-refractivity contribution in [2.75, 3.05) is 0 Å². The minimum Gasteiger partial charge on any atom is -0.545 e. The highest BCUT2D eigenvalue weighted by Gasteiger charge is 2.21. The summed E-state index contributed by atoms with van der Waals surface area (Å²) < 4.78 is 0. The smallest absolute Gasteiger partial charge is 0.0725 e. The van der Waals surface area contributed by atoms with Crippen molar-refractivity contribution in [2.24, 2.45) is 5.92 Å². The minimum atomic E-state index is -1.08. The average Bonchev–Trinajstić information content (AvgIpc) is 2.35. The maximum atomic E-state index is 11.5. The topological polar surface area (TPSA) is 53.0 Å². The second kappa shape index (κ2) is 4.09. The van der Waals surface area contributed by atoms with E-state index in [0.29, 0.717) is 16.9 Å². The lowest BCUT2D eigenvalue weighted by atomic mass is 9.84. The SMILES string of the molecule is CC1CCc2nc3ccccc3c(C(=O)[O-])c2C1. The Labute approximate surface area is 105 Å². The van der Waals surface area contributed by atoms with Gasteiger partial charge in [-0.25, -0.2) is 0 Å². The van der Waals surface area contributed by atoms with Crippen molar-refractivity contribution in [1.29, 1.82) is 0 Å². The van der Waals surface area contributed by atoms with E-state index in [1.54, 1.807) is 0 Å². The zero-order valence-corrected chi connectivity index (χ0v) is 10.3. The van der Waals surface area contributed by atoms with E-state index in [4.69, 9.17) is 0 Å². The van der Waals surface area contributed by atoms with Crippen LogP contribution in [0.25, 0.3) is 10.9 Å². The number of aromatic nitrogens is 1. The number of carboxylic acid groups (broad SMARTS) is 1. The van der Waals surface area contributed by atoms with E-state index in [1.165, 1.54) is 0 Å². The molecule has 0 saturated carbocycles. The molecule has 92 valence electrons.